The summed E-state index contributed by atoms with van der Waals surface area (Å²) in [5, 5.41) is 8.37. The number of anilines is 3. The highest BCUT2D eigenvalue weighted by atomic mass is 16.2. The van der Waals surface area contributed by atoms with Gasteiger partial charge in [0.1, 0.15) is 0 Å². The van der Waals surface area contributed by atoms with Crippen molar-refractivity contribution in [1.29, 1.82) is 0 Å². The number of rotatable bonds is 8. The van der Waals surface area contributed by atoms with Crippen molar-refractivity contribution in [3.05, 3.63) is 54.1 Å². The second kappa shape index (κ2) is 10.4. The van der Waals surface area contributed by atoms with Crippen LogP contribution in [-0.2, 0) is 14.4 Å². The molecule has 7 heteroatoms. The van der Waals surface area contributed by atoms with Crippen LogP contribution in [-0.4, -0.2) is 41.8 Å². The number of nitrogens with one attached hydrogen (secondary N) is 3. The lowest BCUT2D eigenvalue weighted by Gasteiger charge is -2.26. The van der Waals surface area contributed by atoms with Gasteiger partial charge in [-0.25, -0.2) is 0 Å². The highest BCUT2D eigenvalue weighted by Gasteiger charge is 2.22. The smallest absolute Gasteiger partial charge is 0.241 e. The Morgan fingerprint density at radius 2 is 1.34 bits per heavy atom. The van der Waals surface area contributed by atoms with Crippen molar-refractivity contribution >= 4 is 34.8 Å². The molecular weight excluding hydrogens is 368 g/mol. The molecule has 3 N–H and O–H groups in total. The van der Waals surface area contributed by atoms with Gasteiger partial charge >= 0.3 is 0 Å². The predicted octanol–water partition coefficient (Wildman–Crippen LogP) is 3.24. The average Bonchev–Trinajstić information content (AvgIpc) is 2.68. The molecule has 3 amide bonds. The minimum atomic E-state index is -0.464. The first-order chi connectivity index (χ1) is 13.8. The molecule has 2 aromatic rings. The molecule has 0 spiro atoms. The molecule has 0 aromatic heterocycles. The van der Waals surface area contributed by atoms with Crippen LogP contribution in [0, 0.1) is 6.92 Å². The van der Waals surface area contributed by atoms with E-state index in [2.05, 4.69) is 16.0 Å². The molecule has 0 saturated carbocycles. The number of hydrogen-bond donors (Lipinski definition) is 3. The Kier molecular flexibility index (Phi) is 7.91. The zero-order chi connectivity index (χ0) is 21.4. The number of amides is 3. The summed E-state index contributed by atoms with van der Waals surface area (Å²) in [7, 11) is 0. The third-order valence-electron chi connectivity index (χ3n) is 4.49. The Bertz CT molecular complexity index is 847. The lowest BCUT2D eigenvalue weighted by Crippen LogP contribution is -2.45. The topological polar surface area (TPSA) is 90.5 Å². The highest BCUT2D eigenvalue weighted by Crippen LogP contribution is 2.14. The van der Waals surface area contributed by atoms with Gasteiger partial charge in [0.15, 0.2) is 0 Å². The fourth-order valence-electron chi connectivity index (χ4n) is 2.80. The van der Waals surface area contributed by atoms with Crippen molar-refractivity contribution in [3.8, 4) is 0 Å². The van der Waals surface area contributed by atoms with Gasteiger partial charge in [-0.1, -0.05) is 24.6 Å². The summed E-state index contributed by atoms with van der Waals surface area (Å²) in [6, 6.07) is 14.0. The minimum Gasteiger partial charge on any atom is -0.326 e. The van der Waals surface area contributed by atoms with Crippen LogP contribution in [0.1, 0.15) is 26.3 Å². The highest BCUT2D eigenvalue weighted by molar-refractivity contribution is 5.96. The first-order valence-electron chi connectivity index (χ1n) is 9.57. The van der Waals surface area contributed by atoms with Crippen LogP contribution >= 0.6 is 0 Å². The van der Waals surface area contributed by atoms with Gasteiger partial charge in [0.05, 0.1) is 12.6 Å². The number of likely N-dealkylation sites (N-methyl/N-ethyl adjacent to an activating group) is 1. The van der Waals surface area contributed by atoms with E-state index in [1.807, 2.05) is 38.1 Å². The fourth-order valence-corrected chi connectivity index (χ4v) is 2.80. The van der Waals surface area contributed by atoms with Crippen LogP contribution in [0.4, 0.5) is 17.1 Å². The summed E-state index contributed by atoms with van der Waals surface area (Å²) in [5.74, 6) is -0.532. The van der Waals surface area contributed by atoms with Crippen LogP contribution in [0.3, 0.4) is 0 Å². The van der Waals surface area contributed by atoms with Gasteiger partial charge in [-0.15, -0.1) is 0 Å². The van der Waals surface area contributed by atoms with Gasteiger partial charge < -0.3 is 16.0 Å². The van der Waals surface area contributed by atoms with Crippen LogP contribution in [0.5, 0.6) is 0 Å². The van der Waals surface area contributed by atoms with Gasteiger partial charge in [0.2, 0.25) is 17.7 Å². The second-order valence-electron chi connectivity index (χ2n) is 6.90. The van der Waals surface area contributed by atoms with E-state index in [1.54, 1.807) is 36.1 Å². The Hall–Kier alpha value is -3.19. The van der Waals surface area contributed by atoms with E-state index in [9.17, 15) is 14.4 Å². The minimum absolute atomic E-state index is 0.0897. The summed E-state index contributed by atoms with van der Waals surface area (Å²) < 4.78 is 0. The fraction of sp³-hybridized carbons (Fsp3) is 0.318. The number of nitrogens with zero attached hydrogens (tertiary/aromatic N) is 1. The standard InChI is InChI=1S/C22H28N4O3/c1-5-26(16(3)22(29)25-20-8-6-15(2)7-9-20)14-21(28)24-19-12-10-18(11-13-19)23-17(4)27/h6-13,16H,5,14H2,1-4H3,(H,23,27)(H,24,28)(H,25,29). The van der Waals surface area contributed by atoms with E-state index in [0.29, 0.717) is 17.9 Å². The van der Waals surface area contributed by atoms with Gasteiger partial charge in [-0.3, -0.25) is 19.3 Å². The number of aryl methyl sites for hydroxylation is 1. The summed E-state index contributed by atoms with van der Waals surface area (Å²) in [6.07, 6.45) is 0. The molecular formula is C22H28N4O3. The number of carbonyl (C=O) groups is 3. The summed E-state index contributed by atoms with van der Waals surface area (Å²) in [5.41, 5.74) is 3.13. The van der Waals surface area contributed by atoms with Crippen LogP contribution < -0.4 is 16.0 Å². The van der Waals surface area contributed by atoms with E-state index >= 15 is 0 Å². The summed E-state index contributed by atoms with van der Waals surface area (Å²) in [6.45, 7) is 7.75. The molecule has 1 unspecified atom stereocenters. The average molecular weight is 396 g/mol. The third kappa shape index (κ3) is 7.04. The van der Waals surface area contributed by atoms with Crippen molar-refractivity contribution in [1.82, 2.24) is 4.90 Å². The molecule has 0 fully saturated rings. The maximum atomic E-state index is 12.5. The molecule has 0 radical (unpaired) electrons. The number of carbonyl (C=O) groups excluding carboxylic acids is 3. The third-order valence-corrected chi connectivity index (χ3v) is 4.49. The monoisotopic (exact) mass is 396 g/mol. The zero-order valence-electron chi connectivity index (χ0n) is 17.3. The van der Waals surface area contributed by atoms with Crippen molar-refractivity contribution in [2.75, 3.05) is 29.0 Å². The summed E-state index contributed by atoms with van der Waals surface area (Å²) in [4.78, 5) is 37.8. The van der Waals surface area contributed by atoms with Crippen LogP contribution in [0.15, 0.2) is 48.5 Å². The molecule has 0 aliphatic heterocycles. The summed E-state index contributed by atoms with van der Waals surface area (Å²) >= 11 is 0. The predicted molar refractivity (Wildman–Crippen MR) is 116 cm³/mol. The van der Waals surface area contributed by atoms with E-state index in [4.69, 9.17) is 0 Å². The Morgan fingerprint density at radius 3 is 1.86 bits per heavy atom. The Labute approximate surface area is 171 Å². The maximum Gasteiger partial charge on any atom is 0.241 e. The van der Waals surface area contributed by atoms with Gasteiger partial charge in [0.25, 0.3) is 0 Å². The number of hydrogen-bond acceptors (Lipinski definition) is 4. The van der Waals surface area contributed by atoms with Crippen molar-refractivity contribution < 1.29 is 14.4 Å². The molecule has 1 atom stereocenters. The van der Waals surface area contributed by atoms with Crippen LogP contribution in [0.25, 0.3) is 0 Å². The van der Waals surface area contributed by atoms with Gasteiger partial charge in [-0.05, 0) is 56.8 Å². The van der Waals surface area contributed by atoms with Gasteiger partial charge in [-0.2, -0.15) is 0 Å². The molecule has 154 valence electrons. The molecule has 0 aliphatic carbocycles. The largest absolute Gasteiger partial charge is 0.326 e. The Balaban J connectivity index is 1.91. The molecule has 0 bridgehead atoms. The van der Waals surface area contributed by atoms with Crippen molar-refractivity contribution in [2.24, 2.45) is 0 Å². The van der Waals surface area contributed by atoms with Crippen molar-refractivity contribution in [3.63, 3.8) is 0 Å². The van der Waals surface area contributed by atoms with Crippen molar-refractivity contribution in [2.45, 2.75) is 33.7 Å². The molecule has 0 aliphatic rings. The lowest BCUT2D eigenvalue weighted by atomic mass is 10.2. The van der Waals surface area contributed by atoms with Gasteiger partial charge in [0, 0.05) is 24.0 Å². The second-order valence-corrected chi connectivity index (χ2v) is 6.90. The molecule has 0 saturated heterocycles. The Morgan fingerprint density at radius 1 is 0.862 bits per heavy atom. The molecule has 2 aromatic carbocycles. The molecule has 0 heterocycles. The SMILES string of the molecule is CCN(CC(=O)Nc1ccc(NC(C)=O)cc1)C(C)C(=O)Nc1ccc(C)cc1. The normalized spacial score (nSPS) is 11.6. The first-order valence-corrected chi connectivity index (χ1v) is 9.57. The molecule has 7 nitrogen and oxygen atoms in total. The van der Waals surface area contributed by atoms with E-state index < -0.39 is 6.04 Å². The number of benzene rings is 2. The molecule has 29 heavy (non-hydrogen) atoms. The van der Waals surface area contributed by atoms with Crippen LogP contribution in [0.2, 0.25) is 0 Å². The lowest BCUT2D eigenvalue weighted by molar-refractivity contribution is -0.123. The first kappa shape index (κ1) is 22.1. The van der Waals surface area contributed by atoms with E-state index in [-0.39, 0.29) is 24.3 Å². The van der Waals surface area contributed by atoms with E-state index in [0.717, 1.165) is 11.3 Å². The molecule has 2 rings (SSSR count). The quantitative estimate of drug-likeness (QED) is 0.639. The van der Waals surface area contributed by atoms with E-state index in [1.165, 1.54) is 6.92 Å². The maximum absolute atomic E-state index is 12.5. The zero-order valence-corrected chi connectivity index (χ0v) is 17.3.